The predicted molar refractivity (Wildman–Crippen MR) is 101 cm³/mol. The second kappa shape index (κ2) is 6.93. The fraction of sp³-hybridized carbons (Fsp3) is 0.368. The number of nitrogens with zero attached hydrogens (tertiary/aromatic N) is 1. The topological polar surface area (TPSA) is 101 Å². The molecule has 3 heterocycles. The number of carbonyl (C=O) groups excluding carboxylic acids is 1. The molecule has 0 aliphatic carbocycles. The highest BCUT2D eigenvalue weighted by Gasteiger charge is 2.27. The lowest BCUT2D eigenvalue weighted by Crippen LogP contribution is -2.47. The van der Waals surface area contributed by atoms with Crippen LogP contribution < -0.4 is 21.7 Å². The molecule has 0 spiro atoms. The van der Waals surface area contributed by atoms with Gasteiger partial charge in [0.15, 0.2) is 0 Å². The van der Waals surface area contributed by atoms with Crippen LogP contribution in [0.15, 0.2) is 30.3 Å². The van der Waals surface area contributed by atoms with Crippen LogP contribution in [0.3, 0.4) is 0 Å². The van der Waals surface area contributed by atoms with Gasteiger partial charge in [-0.1, -0.05) is 12.1 Å². The van der Waals surface area contributed by atoms with Gasteiger partial charge in [0.05, 0.1) is 12.2 Å². The van der Waals surface area contributed by atoms with Crippen LogP contribution in [0.1, 0.15) is 27.9 Å². The zero-order valence-electron chi connectivity index (χ0n) is 14.7. The average molecular weight is 353 g/mol. The van der Waals surface area contributed by atoms with Crippen LogP contribution >= 0.6 is 0 Å². The lowest BCUT2D eigenvalue weighted by atomic mass is 10.0. The van der Waals surface area contributed by atoms with Gasteiger partial charge in [0.25, 0.3) is 5.91 Å². The Morgan fingerprint density at radius 3 is 3.04 bits per heavy atom. The van der Waals surface area contributed by atoms with Crippen molar-refractivity contribution < 1.29 is 9.53 Å². The van der Waals surface area contributed by atoms with Gasteiger partial charge in [-0.05, 0) is 42.7 Å². The molecule has 136 valence electrons. The summed E-state index contributed by atoms with van der Waals surface area (Å²) in [6, 6.07) is 9.94. The third kappa shape index (κ3) is 3.36. The molecule has 0 saturated carbocycles. The van der Waals surface area contributed by atoms with Crippen LogP contribution in [-0.4, -0.2) is 36.2 Å². The second-order valence-corrected chi connectivity index (χ2v) is 6.85. The summed E-state index contributed by atoms with van der Waals surface area (Å²) < 4.78 is 5.40. The summed E-state index contributed by atoms with van der Waals surface area (Å²) >= 11 is 0. The van der Waals surface area contributed by atoms with Crippen molar-refractivity contribution in [3.05, 3.63) is 47.0 Å². The number of nitrogens with two attached hydrogens (primary N) is 1. The summed E-state index contributed by atoms with van der Waals surface area (Å²) in [5, 5.41) is 9.58. The number of rotatable bonds is 4. The number of hydrogen-bond acceptors (Lipinski definition) is 6. The fourth-order valence-electron chi connectivity index (χ4n) is 3.41. The third-order valence-electron chi connectivity index (χ3n) is 4.78. The highest BCUT2D eigenvalue weighted by molar-refractivity contribution is 6.03. The molecule has 2 aliphatic rings. The maximum Gasteiger partial charge on any atom is 0.255 e. The standard InChI is InChI=1S/C19H23N5O2/c1-11-3-2-4-13(7-11)22-18-17-12(9-21-19(17)25)8-16(24-18)23-15-5-6-26-10-14(15)20/h2-4,7-8,14-15H,5-6,9-10,20H2,1H3,(H,21,25)(H2,22,23,24)/t14-,15+/m0/s1. The Balaban J connectivity index is 1.65. The van der Waals surface area contributed by atoms with Crippen LogP contribution in [0.4, 0.5) is 17.3 Å². The monoisotopic (exact) mass is 353 g/mol. The first-order valence-electron chi connectivity index (χ1n) is 8.86. The molecule has 1 fully saturated rings. The van der Waals surface area contributed by atoms with E-state index < -0.39 is 0 Å². The van der Waals surface area contributed by atoms with Crippen LogP contribution in [0.2, 0.25) is 0 Å². The van der Waals surface area contributed by atoms with Gasteiger partial charge in [-0.15, -0.1) is 0 Å². The van der Waals surface area contributed by atoms with Crippen molar-refractivity contribution in [3.63, 3.8) is 0 Å². The van der Waals surface area contributed by atoms with E-state index in [1.807, 2.05) is 37.3 Å². The Morgan fingerprint density at radius 1 is 1.35 bits per heavy atom. The molecule has 2 atom stereocenters. The van der Waals surface area contributed by atoms with E-state index in [0.29, 0.717) is 31.1 Å². The van der Waals surface area contributed by atoms with Gasteiger partial charge in [-0.2, -0.15) is 0 Å². The molecule has 2 aliphatic heterocycles. The summed E-state index contributed by atoms with van der Waals surface area (Å²) in [5.41, 5.74) is 9.72. The minimum atomic E-state index is -0.100. The number of nitrogens with one attached hydrogen (secondary N) is 3. The molecule has 7 nitrogen and oxygen atoms in total. The molecule has 1 aromatic heterocycles. The van der Waals surface area contributed by atoms with Crippen LogP contribution in [-0.2, 0) is 11.3 Å². The number of hydrogen-bond donors (Lipinski definition) is 4. The highest BCUT2D eigenvalue weighted by atomic mass is 16.5. The van der Waals surface area contributed by atoms with Crippen LogP contribution in [0.5, 0.6) is 0 Å². The Kier molecular flexibility index (Phi) is 4.48. The molecule has 0 radical (unpaired) electrons. The molecule has 1 aromatic carbocycles. The first kappa shape index (κ1) is 16.8. The van der Waals surface area contributed by atoms with E-state index >= 15 is 0 Å². The number of anilines is 3. The van der Waals surface area contributed by atoms with Crippen molar-refractivity contribution in [1.29, 1.82) is 0 Å². The number of pyridine rings is 1. The number of amides is 1. The first-order valence-corrected chi connectivity index (χ1v) is 8.86. The van der Waals surface area contributed by atoms with E-state index in [-0.39, 0.29) is 18.0 Å². The summed E-state index contributed by atoms with van der Waals surface area (Å²) in [7, 11) is 0. The number of fused-ring (bicyclic) bond motifs is 1. The highest BCUT2D eigenvalue weighted by Crippen LogP contribution is 2.29. The molecule has 0 bridgehead atoms. The van der Waals surface area contributed by atoms with Crippen molar-refractivity contribution in [2.75, 3.05) is 23.8 Å². The van der Waals surface area contributed by atoms with Crippen LogP contribution in [0.25, 0.3) is 0 Å². The molecule has 1 saturated heterocycles. The van der Waals surface area contributed by atoms with Gasteiger partial charge in [-0.3, -0.25) is 4.79 Å². The maximum atomic E-state index is 12.2. The largest absolute Gasteiger partial charge is 0.380 e. The lowest BCUT2D eigenvalue weighted by molar-refractivity contribution is 0.0752. The van der Waals surface area contributed by atoms with Gasteiger partial charge in [0, 0.05) is 30.9 Å². The molecule has 26 heavy (non-hydrogen) atoms. The van der Waals surface area contributed by atoms with Crippen molar-refractivity contribution in [2.24, 2.45) is 5.73 Å². The zero-order chi connectivity index (χ0) is 18.1. The summed E-state index contributed by atoms with van der Waals surface area (Å²) in [4.78, 5) is 16.9. The zero-order valence-corrected chi connectivity index (χ0v) is 14.7. The Morgan fingerprint density at radius 2 is 2.23 bits per heavy atom. The van der Waals surface area contributed by atoms with Crippen molar-refractivity contribution >= 4 is 23.2 Å². The van der Waals surface area contributed by atoms with E-state index in [9.17, 15) is 4.79 Å². The molecule has 0 unspecified atom stereocenters. The lowest BCUT2D eigenvalue weighted by Gasteiger charge is -2.30. The number of aromatic nitrogens is 1. The number of benzene rings is 1. The maximum absolute atomic E-state index is 12.2. The van der Waals surface area contributed by atoms with Gasteiger partial charge >= 0.3 is 0 Å². The Bertz CT molecular complexity index is 839. The van der Waals surface area contributed by atoms with Crippen molar-refractivity contribution in [1.82, 2.24) is 10.3 Å². The van der Waals surface area contributed by atoms with Gasteiger partial charge in [0.2, 0.25) is 0 Å². The predicted octanol–water partition coefficient (Wildman–Crippen LogP) is 1.91. The molecule has 5 N–H and O–H groups in total. The summed E-state index contributed by atoms with van der Waals surface area (Å²) in [6.07, 6.45) is 0.831. The minimum Gasteiger partial charge on any atom is -0.380 e. The van der Waals surface area contributed by atoms with Crippen molar-refractivity contribution in [3.8, 4) is 0 Å². The Hall–Kier alpha value is -2.64. The normalized spacial score (nSPS) is 21.8. The Labute approximate surface area is 152 Å². The molecule has 2 aromatic rings. The van der Waals surface area contributed by atoms with E-state index in [4.69, 9.17) is 10.5 Å². The van der Waals surface area contributed by atoms with Gasteiger partial charge in [-0.25, -0.2) is 4.98 Å². The molecule has 1 amide bonds. The summed E-state index contributed by atoms with van der Waals surface area (Å²) in [6.45, 7) is 3.76. The summed E-state index contributed by atoms with van der Waals surface area (Å²) in [5.74, 6) is 1.18. The minimum absolute atomic E-state index is 0.0771. The van der Waals surface area contributed by atoms with Gasteiger partial charge < -0.3 is 26.4 Å². The van der Waals surface area contributed by atoms with Crippen molar-refractivity contribution in [2.45, 2.75) is 32.0 Å². The smallest absolute Gasteiger partial charge is 0.255 e. The molecule has 4 rings (SSSR count). The average Bonchev–Trinajstić information content (AvgIpc) is 2.98. The van der Waals surface area contributed by atoms with E-state index in [2.05, 4.69) is 20.9 Å². The van der Waals surface area contributed by atoms with Gasteiger partial charge in [0.1, 0.15) is 11.6 Å². The van der Waals surface area contributed by atoms with E-state index in [1.165, 1.54) is 0 Å². The fourth-order valence-corrected chi connectivity index (χ4v) is 3.41. The van der Waals surface area contributed by atoms with E-state index in [0.717, 1.165) is 29.1 Å². The molecular formula is C19H23N5O2. The second-order valence-electron chi connectivity index (χ2n) is 6.85. The molecule has 7 heteroatoms. The van der Waals surface area contributed by atoms with E-state index in [1.54, 1.807) is 0 Å². The quantitative estimate of drug-likeness (QED) is 0.670. The molecular weight excluding hydrogens is 330 g/mol. The number of carbonyl (C=O) groups is 1. The SMILES string of the molecule is Cc1cccc(Nc2nc(N[C@@H]3CCOC[C@@H]3N)cc3c2C(=O)NC3)c1. The first-order chi connectivity index (χ1) is 12.6. The van der Waals surface area contributed by atoms with Crippen LogP contribution in [0, 0.1) is 6.92 Å². The number of aryl methyl sites for hydroxylation is 1. The number of ether oxygens (including phenoxy) is 1. The third-order valence-corrected chi connectivity index (χ3v) is 4.78.